The van der Waals surface area contributed by atoms with Crippen molar-refractivity contribution in [3.8, 4) is 0 Å². The Morgan fingerprint density at radius 3 is 2.31 bits per heavy atom. The molecule has 1 aromatic rings. The summed E-state index contributed by atoms with van der Waals surface area (Å²) in [7, 11) is 0. The van der Waals surface area contributed by atoms with E-state index in [9.17, 15) is 5.11 Å². The highest BCUT2D eigenvalue weighted by Crippen LogP contribution is 2.09. The summed E-state index contributed by atoms with van der Waals surface area (Å²) in [5.41, 5.74) is 1.37. The van der Waals surface area contributed by atoms with Gasteiger partial charge in [0.25, 0.3) is 0 Å². The van der Waals surface area contributed by atoms with Crippen molar-refractivity contribution in [3.63, 3.8) is 0 Å². The van der Waals surface area contributed by atoms with Gasteiger partial charge in [-0.05, 0) is 12.5 Å². The number of nitrogens with zero attached hydrogens (tertiary/aromatic N) is 2. The van der Waals surface area contributed by atoms with Crippen molar-refractivity contribution in [3.05, 3.63) is 35.9 Å². The monoisotopic (exact) mass is 220 g/mol. The minimum absolute atomic E-state index is 0.307. The van der Waals surface area contributed by atoms with E-state index in [1.807, 2.05) is 6.92 Å². The highest BCUT2D eigenvalue weighted by atomic mass is 16.3. The Bertz CT molecular complexity index is 305. The molecule has 1 saturated heterocycles. The van der Waals surface area contributed by atoms with Crippen LogP contribution in [0.25, 0.3) is 0 Å². The van der Waals surface area contributed by atoms with Gasteiger partial charge in [0.2, 0.25) is 0 Å². The first-order chi connectivity index (χ1) is 7.75. The third-order valence-corrected chi connectivity index (χ3v) is 3.18. The molecule has 0 amide bonds. The van der Waals surface area contributed by atoms with Gasteiger partial charge < -0.3 is 5.11 Å². The van der Waals surface area contributed by atoms with E-state index in [-0.39, 0.29) is 6.23 Å². The smallest absolute Gasteiger partial charge is 0.104 e. The van der Waals surface area contributed by atoms with Gasteiger partial charge in [0.15, 0.2) is 0 Å². The minimum atomic E-state index is -0.307. The molecule has 1 aliphatic rings. The number of aliphatic hydroxyl groups excluding tert-OH is 1. The van der Waals surface area contributed by atoms with E-state index in [1.165, 1.54) is 5.56 Å². The Morgan fingerprint density at radius 2 is 1.75 bits per heavy atom. The van der Waals surface area contributed by atoms with Crippen LogP contribution in [0, 0.1) is 0 Å². The highest BCUT2D eigenvalue weighted by molar-refractivity contribution is 5.14. The van der Waals surface area contributed by atoms with Crippen molar-refractivity contribution in [2.24, 2.45) is 0 Å². The molecule has 1 unspecified atom stereocenters. The SMILES string of the molecule is CC(O)N1CCN(Cc2ccccc2)CC1. The van der Waals surface area contributed by atoms with Crippen LogP contribution in [0.2, 0.25) is 0 Å². The van der Waals surface area contributed by atoms with E-state index in [2.05, 4.69) is 40.1 Å². The molecule has 88 valence electrons. The van der Waals surface area contributed by atoms with Gasteiger partial charge in [-0.1, -0.05) is 30.3 Å². The second kappa shape index (κ2) is 5.43. The maximum atomic E-state index is 9.46. The summed E-state index contributed by atoms with van der Waals surface area (Å²) in [6, 6.07) is 10.6. The fourth-order valence-electron chi connectivity index (χ4n) is 2.14. The molecule has 0 spiro atoms. The molecule has 16 heavy (non-hydrogen) atoms. The van der Waals surface area contributed by atoms with Crippen LogP contribution >= 0.6 is 0 Å². The molecule has 0 radical (unpaired) electrons. The van der Waals surface area contributed by atoms with Crippen molar-refractivity contribution >= 4 is 0 Å². The molecule has 1 atom stereocenters. The summed E-state index contributed by atoms with van der Waals surface area (Å²) in [6.45, 7) is 6.87. The molecular weight excluding hydrogens is 200 g/mol. The summed E-state index contributed by atoms with van der Waals surface area (Å²) >= 11 is 0. The standard InChI is InChI=1S/C13H20N2O/c1-12(16)15-9-7-14(8-10-15)11-13-5-3-2-4-6-13/h2-6,12,16H,7-11H2,1H3. The molecule has 1 aromatic carbocycles. The van der Waals surface area contributed by atoms with Crippen molar-refractivity contribution in [2.45, 2.75) is 19.7 Å². The van der Waals surface area contributed by atoms with Crippen LogP contribution in [-0.4, -0.2) is 47.3 Å². The molecule has 3 heteroatoms. The third-order valence-electron chi connectivity index (χ3n) is 3.18. The van der Waals surface area contributed by atoms with Gasteiger partial charge >= 0.3 is 0 Å². The van der Waals surface area contributed by atoms with Gasteiger partial charge in [-0.2, -0.15) is 0 Å². The molecule has 0 bridgehead atoms. The number of hydrogen-bond donors (Lipinski definition) is 1. The zero-order chi connectivity index (χ0) is 11.4. The van der Waals surface area contributed by atoms with Crippen LogP contribution in [0.1, 0.15) is 12.5 Å². The van der Waals surface area contributed by atoms with Crippen molar-refractivity contribution in [1.29, 1.82) is 0 Å². The first-order valence-electron chi connectivity index (χ1n) is 5.94. The van der Waals surface area contributed by atoms with E-state index in [0.29, 0.717) is 0 Å². The molecule has 1 aliphatic heterocycles. The van der Waals surface area contributed by atoms with Crippen molar-refractivity contribution < 1.29 is 5.11 Å². The van der Waals surface area contributed by atoms with Gasteiger partial charge in [0.1, 0.15) is 6.23 Å². The fourth-order valence-corrected chi connectivity index (χ4v) is 2.14. The van der Waals surface area contributed by atoms with Crippen LogP contribution in [-0.2, 0) is 6.54 Å². The van der Waals surface area contributed by atoms with E-state index in [1.54, 1.807) is 0 Å². The number of rotatable bonds is 3. The average molecular weight is 220 g/mol. The second-order valence-corrected chi connectivity index (χ2v) is 4.43. The Labute approximate surface area is 97.3 Å². The number of piperazine rings is 1. The largest absolute Gasteiger partial charge is 0.379 e. The number of hydrogen-bond acceptors (Lipinski definition) is 3. The lowest BCUT2D eigenvalue weighted by Gasteiger charge is -2.36. The molecule has 1 heterocycles. The quantitative estimate of drug-likeness (QED) is 0.827. The summed E-state index contributed by atoms with van der Waals surface area (Å²) < 4.78 is 0. The van der Waals surface area contributed by atoms with Crippen LogP contribution < -0.4 is 0 Å². The van der Waals surface area contributed by atoms with Gasteiger partial charge in [0.05, 0.1) is 0 Å². The van der Waals surface area contributed by atoms with Gasteiger partial charge in [0, 0.05) is 32.7 Å². The Kier molecular flexibility index (Phi) is 3.93. The van der Waals surface area contributed by atoms with Crippen LogP contribution in [0.15, 0.2) is 30.3 Å². The molecule has 0 saturated carbocycles. The van der Waals surface area contributed by atoms with Gasteiger partial charge in [-0.3, -0.25) is 9.80 Å². The summed E-state index contributed by atoms with van der Waals surface area (Å²) in [5.74, 6) is 0. The number of benzene rings is 1. The maximum absolute atomic E-state index is 9.46. The molecular formula is C13H20N2O. The zero-order valence-electron chi connectivity index (χ0n) is 9.84. The van der Waals surface area contributed by atoms with Gasteiger partial charge in [-0.25, -0.2) is 0 Å². The fraction of sp³-hybridized carbons (Fsp3) is 0.538. The third kappa shape index (κ3) is 3.04. The first kappa shape index (κ1) is 11.6. The van der Waals surface area contributed by atoms with E-state index < -0.39 is 0 Å². The Morgan fingerprint density at radius 1 is 1.12 bits per heavy atom. The average Bonchev–Trinajstić information content (AvgIpc) is 2.31. The highest BCUT2D eigenvalue weighted by Gasteiger charge is 2.19. The Balaban J connectivity index is 1.82. The molecule has 1 N–H and O–H groups in total. The zero-order valence-corrected chi connectivity index (χ0v) is 9.84. The van der Waals surface area contributed by atoms with E-state index in [4.69, 9.17) is 0 Å². The summed E-state index contributed by atoms with van der Waals surface area (Å²) in [5, 5.41) is 9.46. The minimum Gasteiger partial charge on any atom is -0.379 e. The Hall–Kier alpha value is -0.900. The van der Waals surface area contributed by atoms with Gasteiger partial charge in [-0.15, -0.1) is 0 Å². The lowest BCUT2D eigenvalue weighted by molar-refractivity contribution is -0.0141. The van der Waals surface area contributed by atoms with E-state index >= 15 is 0 Å². The van der Waals surface area contributed by atoms with E-state index in [0.717, 1.165) is 32.7 Å². The van der Waals surface area contributed by atoms with Crippen molar-refractivity contribution in [2.75, 3.05) is 26.2 Å². The second-order valence-electron chi connectivity index (χ2n) is 4.43. The predicted octanol–water partition coefficient (Wildman–Crippen LogP) is 1.14. The molecule has 3 nitrogen and oxygen atoms in total. The van der Waals surface area contributed by atoms with Crippen LogP contribution in [0.4, 0.5) is 0 Å². The molecule has 0 aliphatic carbocycles. The lowest BCUT2D eigenvalue weighted by Crippen LogP contribution is -2.49. The number of aliphatic hydroxyl groups is 1. The normalized spacial score (nSPS) is 20.9. The lowest BCUT2D eigenvalue weighted by atomic mass is 10.2. The summed E-state index contributed by atoms with van der Waals surface area (Å²) in [6.07, 6.45) is -0.307. The molecule has 2 rings (SSSR count). The van der Waals surface area contributed by atoms with Crippen LogP contribution in [0.5, 0.6) is 0 Å². The first-order valence-corrected chi connectivity index (χ1v) is 5.94. The summed E-state index contributed by atoms with van der Waals surface area (Å²) in [4.78, 5) is 4.55. The molecule has 1 fully saturated rings. The topological polar surface area (TPSA) is 26.7 Å². The molecule has 0 aromatic heterocycles. The van der Waals surface area contributed by atoms with Crippen LogP contribution in [0.3, 0.4) is 0 Å². The predicted molar refractivity (Wildman–Crippen MR) is 65.0 cm³/mol. The maximum Gasteiger partial charge on any atom is 0.104 e. The van der Waals surface area contributed by atoms with Crippen molar-refractivity contribution in [1.82, 2.24) is 9.80 Å².